The van der Waals surface area contributed by atoms with Crippen molar-refractivity contribution in [3.63, 3.8) is 0 Å². The molecule has 0 saturated heterocycles. The molecule has 6 heteroatoms. The molecule has 0 spiro atoms. The largest absolute Gasteiger partial charge is 0.490 e. The lowest BCUT2D eigenvalue weighted by Gasteiger charge is -2.14. The molecule has 0 aliphatic carbocycles. The van der Waals surface area contributed by atoms with E-state index in [0.717, 1.165) is 0 Å². The van der Waals surface area contributed by atoms with Gasteiger partial charge in [-0.2, -0.15) is 0 Å². The summed E-state index contributed by atoms with van der Waals surface area (Å²) in [6, 6.07) is 11.4. The third-order valence-electron chi connectivity index (χ3n) is 3.13. The van der Waals surface area contributed by atoms with Gasteiger partial charge in [-0.15, -0.1) is 0 Å². The summed E-state index contributed by atoms with van der Waals surface area (Å²) in [4.78, 5) is 24.2. The standard InChI is InChI=1S/C18H18ClNO4/c1-11(2)24-16-7-5-4-6-13(16)17(21)20-15-10-12(18(22)23-3)8-9-14(15)19/h4-11H,1-3H3,(H,20,21). The maximum Gasteiger partial charge on any atom is 0.337 e. The molecule has 2 aromatic carbocycles. The molecule has 0 atom stereocenters. The second-order valence-electron chi connectivity index (χ2n) is 5.30. The van der Waals surface area contributed by atoms with E-state index in [4.69, 9.17) is 16.3 Å². The highest BCUT2D eigenvalue weighted by Crippen LogP contribution is 2.26. The Morgan fingerprint density at radius 3 is 2.50 bits per heavy atom. The van der Waals surface area contributed by atoms with E-state index in [-0.39, 0.29) is 12.0 Å². The van der Waals surface area contributed by atoms with Crippen LogP contribution in [0.4, 0.5) is 5.69 Å². The maximum absolute atomic E-state index is 12.6. The molecule has 126 valence electrons. The fourth-order valence-corrected chi connectivity index (χ4v) is 2.23. The normalized spacial score (nSPS) is 10.4. The number of ether oxygens (including phenoxy) is 2. The SMILES string of the molecule is COC(=O)c1ccc(Cl)c(NC(=O)c2ccccc2OC(C)C)c1. The quantitative estimate of drug-likeness (QED) is 0.824. The van der Waals surface area contributed by atoms with E-state index in [0.29, 0.717) is 27.6 Å². The molecule has 0 fully saturated rings. The lowest BCUT2D eigenvalue weighted by Crippen LogP contribution is -2.16. The third kappa shape index (κ3) is 4.26. The van der Waals surface area contributed by atoms with Crippen molar-refractivity contribution < 1.29 is 19.1 Å². The molecule has 0 heterocycles. The van der Waals surface area contributed by atoms with E-state index >= 15 is 0 Å². The first-order chi connectivity index (χ1) is 11.4. The molecule has 0 bridgehead atoms. The Morgan fingerprint density at radius 2 is 1.83 bits per heavy atom. The molecule has 1 amide bonds. The Labute approximate surface area is 145 Å². The van der Waals surface area contributed by atoms with Crippen LogP contribution in [0.5, 0.6) is 5.75 Å². The van der Waals surface area contributed by atoms with Gasteiger partial charge in [0.25, 0.3) is 5.91 Å². The zero-order chi connectivity index (χ0) is 17.7. The Bertz CT molecular complexity index is 758. The van der Waals surface area contributed by atoms with Gasteiger partial charge in [-0.25, -0.2) is 4.79 Å². The van der Waals surface area contributed by atoms with Crippen LogP contribution in [0.2, 0.25) is 5.02 Å². The van der Waals surface area contributed by atoms with Crippen LogP contribution < -0.4 is 10.1 Å². The van der Waals surface area contributed by atoms with Crippen LogP contribution in [-0.2, 0) is 4.74 Å². The second-order valence-corrected chi connectivity index (χ2v) is 5.71. The van der Waals surface area contributed by atoms with E-state index in [9.17, 15) is 9.59 Å². The van der Waals surface area contributed by atoms with Gasteiger partial charge in [-0.05, 0) is 44.2 Å². The van der Waals surface area contributed by atoms with Crippen molar-refractivity contribution in [3.8, 4) is 5.75 Å². The topological polar surface area (TPSA) is 64.6 Å². The van der Waals surface area contributed by atoms with E-state index in [1.54, 1.807) is 24.3 Å². The van der Waals surface area contributed by atoms with Gasteiger partial charge >= 0.3 is 5.97 Å². The van der Waals surface area contributed by atoms with E-state index in [1.165, 1.54) is 25.3 Å². The summed E-state index contributed by atoms with van der Waals surface area (Å²) in [6.07, 6.45) is -0.0646. The van der Waals surface area contributed by atoms with E-state index in [1.807, 2.05) is 13.8 Å². The lowest BCUT2D eigenvalue weighted by atomic mass is 10.1. The minimum Gasteiger partial charge on any atom is -0.490 e. The predicted octanol–water partition coefficient (Wildman–Crippen LogP) is 4.17. The lowest BCUT2D eigenvalue weighted by molar-refractivity contribution is 0.0600. The van der Waals surface area contributed by atoms with E-state index in [2.05, 4.69) is 10.1 Å². The molecule has 2 aromatic rings. The number of nitrogens with one attached hydrogen (secondary N) is 1. The van der Waals surface area contributed by atoms with Crippen molar-refractivity contribution in [1.82, 2.24) is 0 Å². The number of benzene rings is 2. The molecule has 0 aromatic heterocycles. The summed E-state index contributed by atoms with van der Waals surface area (Å²) in [5.74, 6) is -0.411. The Kier molecular flexibility index (Phi) is 5.82. The molecule has 24 heavy (non-hydrogen) atoms. The highest BCUT2D eigenvalue weighted by molar-refractivity contribution is 6.34. The number of amides is 1. The van der Waals surface area contributed by atoms with Gasteiger partial charge in [0, 0.05) is 0 Å². The van der Waals surface area contributed by atoms with Gasteiger partial charge in [0.1, 0.15) is 5.75 Å². The Morgan fingerprint density at radius 1 is 1.12 bits per heavy atom. The van der Waals surface area contributed by atoms with Gasteiger partial charge in [0.15, 0.2) is 0 Å². The van der Waals surface area contributed by atoms with Gasteiger partial charge < -0.3 is 14.8 Å². The Hall–Kier alpha value is -2.53. The minimum absolute atomic E-state index is 0.0646. The number of esters is 1. The molecule has 0 unspecified atom stereocenters. The van der Waals surface area contributed by atoms with Crippen molar-refractivity contribution in [2.75, 3.05) is 12.4 Å². The fourth-order valence-electron chi connectivity index (χ4n) is 2.07. The summed E-state index contributed by atoms with van der Waals surface area (Å²) in [7, 11) is 1.29. The molecule has 0 saturated carbocycles. The highest BCUT2D eigenvalue weighted by Gasteiger charge is 2.16. The number of carbonyl (C=O) groups excluding carboxylic acids is 2. The smallest absolute Gasteiger partial charge is 0.337 e. The number of halogens is 1. The first-order valence-electron chi connectivity index (χ1n) is 7.37. The van der Waals surface area contributed by atoms with Gasteiger partial charge in [0.05, 0.1) is 35.1 Å². The van der Waals surface area contributed by atoms with Crippen LogP contribution in [-0.4, -0.2) is 25.1 Å². The number of rotatable bonds is 5. The summed E-state index contributed by atoms with van der Waals surface area (Å²) in [5, 5.41) is 3.02. The Balaban J connectivity index is 2.29. The van der Waals surface area contributed by atoms with Crippen molar-refractivity contribution in [3.05, 3.63) is 58.6 Å². The fraction of sp³-hybridized carbons (Fsp3) is 0.222. The number of methoxy groups -OCH3 is 1. The van der Waals surface area contributed by atoms with Crippen molar-refractivity contribution >= 4 is 29.2 Å². The zero-order valence-corrected chi connectivity index (χ0v) is 14.4. The highest BCUT2D eigenvalue weighted by atomic mass is 35.5. The summed E-state index contributed by atoms with van der Waals surface area (Å²) in [6.45, 7) is 3.76. The number of carbonyl (C=O) groups is 2. The van der Waals surface area contributed by atoms with Crippen molar-refractivity contribution in [1.29, 1.82) is 0 Å². The molecule has 0 aliphatic rings. The monoisotopic (exact) mass is 347 g/mol. The maximum atomic E-state index is 12.6. The predicted molar refractivity (Wildman–Crippen MR) is 93.0 cm³/mol. The van der Waals surface area contributed by atoms with Crippen molar-refractivity contribution in [2.24, 2.45) is 0 Å². The van der Waals surface area contributed by atoms with Gasteiger partial charge in [0.2, 0.25) is 0 Å². The van der Waals surface area contributed by atoms with Crippen LogP contribution in [0.1, 0.15) is 34.6 Å². The average Bonchev–Trinajstić information content (AvgIpc) is 2.56. The molecule has 5 nitrogen and oxygen atoms in total. The zero-order valence-electron chi connectivity index (χ0n) is 13.6. The molecule has 1 N–H and O–H groups in total. The van der Waals surface area contributed by atoms with E-state index < -0.39 is 5.97 Å². The second kappa shape index (κ2) is 7.84. The summed E-state index contributed by atoms with van der Waals surface area (Å²) < 4.78 is 10.3. The van der Waals surface area contributed by atoms with Crippen LogP contribution in [0, 0.1) is 0 Å². The van der Waals surface area contributed by atoms with Crippen LogP contribution in [0.25, 0.3) is 0 Å². The van der Waals surface area contributed by atoms with Gasteiger partial charge in [-0.1, -0.05) is 23.7 Å². The summed E-state index contributed by atoms with van der Waals surface area (Å²) in [5.41, 5.74) is 0.999. The minimum atomic E-state index is -0.509. The molecule has 0 radical (unpaired) electrons. The molecule has 0 aliphatic heterocycles. The molecule has 2 rings (SSSR count). The van der Waals surface area contributed by atoms with Crippen LogP contribution in [0.3, 0.4) is 0 Å². The number of para-hydroxylation sites is 1. The number of anilines is 1. The van der Waals surface area contributed by atoms with Crippen LogP contribution >= 0.6 is 11.6 Å². The summed E-state index contributed by atoms with van der Waals surface area (Å²) >= 11 is 6.10. The average molecular weight is 348 g/mol. The van der Waals surface area contributed by atoms with Crippen LogP contribution in [0.15, 0.2) is 42.5 Å². The van der Waals surface area contributed by atoms with Crippen molar-refractivity contribution in [2.45, 2.75) is 20.0 Å². The first kappa shape index (κ1) is 17.8. The number of hydrogen-bond acceptors (Lipinski definition) is 4. The first-order valence-corrected chi connectivity index (χ1v) is 7.75. The van der Waals surface area contributed by atoms with Gasteiger partial charge in [-0.3, -0.25) is 4.79 Å². The number of hydrogen-bond donors (Lipinski definition) is 1. The molecular weight excluding hydrogens is 330 g/mol. The molecular formula is C18H18ClNO4. The third-order valence-corrected chi connectivity index (χ3v) is 3.46.